The molecule has 156 valence electrons. The summed E-state index contributed by atoms with van der Waals surface area (Å²) in [4.78, 5) is 36.6. The van der Waals surface area contributed by atoms with E-state index in [-0.39, 0.29) is 29.1 Å². The second kappa shape index (κ2) is 10.3. The highest BCUT2D eigenvalue weighted by Crippen LogP contribution is 2.17. The highest BCUT2D eigenvalue weighted by Gasteiger charge is 2.22. The number of carbonyl (C=O) groups is 3. The molecule has 1 aromatic carbocycles. The van der Waals surface area contributed by atoms with Gasteiger partial charge in [0.2, 0.25) is 15.9 Å². The average Bonchev–Trinajstić information content (AvgIpc) is 3.26. The fourth-order valence-electron chi connectivity index (χ4n) is 2.56. The van der Waals surface area contributed by atoms with Crippen LogP contribution in [0, 0.1) is 0 Å². The molecule has 0 radical (unpaired) electrons. The van der Waals surface area contributed by atoms with Crippen LogP contribution in [-0.4, -0.2) is 43.4 Å². The molecule has 2 rings (SSSR count). The molecule has 2 aromatic rings. The van der Waals surface area contributed by atoms with Crippen molar-refractivity contribution in [1.82, 2.24) is 15.2 Å². The van der Waals surface area contributed by atoms with Gasteiger partial charge in [-0.2, -0.15) is 4.31 Å². The Morgan fingerprint density at radius 3 is 2.34 bits per heavy atom. The first-order chi connectivity index (χ1) is 13.8. The smallest absolute Gasteiger partial charge is 0.269 e. The van der Waals surface area contributed by atoms with Crippen LogP contribution in [0.15, 0.2) is 46.7 Å². The number of hydrazine groups is 1. The first-order valence-corrected chi connectivity index (χ1v) is 11.4. The second-order valence-corrected chi connectivity index (χ2v) is 8.91. The standard InChI is InChI=1S/C19H23N3O5S2/c1-3-22(4-2)29(26,27)15-8-5-7-14(13-15)19(25)21-20-18(24)11-10-16(23)17-9-6-12-28-17/h5-9,12-13H,3-4,10-11H2,1-2H3,(H,20,24)(H,21,25). The number of nitrogens with zero attached hydrogens (tertiary/aromatic N) is 1. The molecule has 1 heterocycles. The Labute approximate surface area is 173 Å². The molecular weight excluding hydrogens is 414 g/mol. The van der Waals surface area contributed by atoms with Crippen LogP contribution < -0.4 is 10.9 Å². The van der Waals surface area contributed by atoms with Crippen LogP contribution in [0.2, 0.25) is 0 Å². The lowest BCUT2D eigenvalue weighted by atomic mass is 10.2. The van der Waals surface area contributed by atoms with E-state index in [9.17, 15) is 22.8 Å². The van der Waals surface area contributed by atoms with Crippen LogP contribution in [0.5, 0.6) is 0 Å². The normalized spacial score (nSPS) is 11.3. The zero-order valence-corrected chi connectivity index (χ0v) is 17.8. The van der Waals surface area contributed by atoms with Crippen LogP contribution in [0.4, 0.5) is 0 Å². The minimum Gasteiger partial charge on any atom is -0.293 e. The Bertz CT molecular complexity index is 967. The number of carbonyl (C=O) groups excluding carboxylic acids is 3. The number of rotatable bonds is 9. The summed E-state index contributed by atoms with van der Waals surface area (Å²) in [7, 11) is -3.70. The van der Waals surface area contributed by atoms with Gasteiger partial charge in [0.1, 0.15) is 0 Å². The lowest BCUT2D eigenvalue weighted by Crippen LogP contribution is -2.41. The van der Waals surface area contributed by atoms with E-state index in [0.717, 1.165) is 0 Å². The number of nitrogens with one attached hydrogen (secondary N) is 2. The summed E-state index contributed by atoms with van der Waals surface area (Å²) in [6.07, 6.45) is -0.0484. The number of ketones is 1. The third-order valence-electron chi connectivity index (χ3n) is 4.13. The van der Waals surface area contributed by atoms with E-state index < -0.39 is 21.8 Å². The van der Waals surface area contributed by atoms with Gasteiger partial charge in [0.25, 0.3) is 5.91 Å². The summed E-state index contributed by atoms with van der Waals surface area (Å²) < 4.78 is 26.4. The molecule has 0 atom stereocenters. The second-order valence-electron chi connectivity index (χ2n) is 6.02. The van der Waals surface area contributed by atoms with Gasteiger partial charge in [-0.1, -0.05) is 26.0 Å². The van der Waals surface area contributed by atoms with Gasteiger partial charge in [-0.25, -0.2) is 8.42 Å². The summed E-state index contributed by atoms with van der Waals surface area (Å²) in [6.45, 7) is 4.09. The molecule has 0 spiro atoms. The monoisotopic (exact) mass is 437 g/mol. The third-order valence-corrected chi connectivity index (χ3v) is 7.09. The molecule has 0 fully saturated rings. The maximum absolute atomic E-state index is 12.6. The van der Waals surface area contributed by atoms with E-state index >= 15 is 0 Å². The predicted octanol–water partition coefficient (Wildman–Crippen LogP) is 2.20. The van der Waals surface area contributed by atoms with Crippen LogP contribution in [0.3, 0.4) is 0 Å². The Kier molecular flexibility index (Phi) is 8.06. The summed E-state index contributed by atoms with van der Waals surface area (Å²) in [5.41, 5.74) is 4.57. The van der Waals surface area contributed by atoms with Gasteiger partial charge in [-0.05, 0) is 29.6 Å². The van der Waals surface area contributed by atoms with Crippen LogP contribution in [0.1, 0.15) is 46.7 Å². The topological polar surface area (TPSA) is 113 Å². The number of benzene rings is 1. The lowest BCUT2D eigenvalue weighted by Gasteiger charge is -2.18. The average molecular weight is 438 g/mol. The van der Waals surface area contributed by atoms with Gasteiger partial charge >= 0.3 is 0 Å². The number of hydrogen-bond donors (Lipinski definition) is 2. The Balaban J connectivity index is 1.94. The van der Waals surface area contributed by atoms with E-state index in [1.807, 2.05) is 0 Å². The first kappa shape index (κ1) is 22.7. The third kappa shape index (κ3) is 5.96. The van der Waals surface area contributed by atoms with E-state index in [0.29, 0.717) is 18.0 Å². The maximum atomic E-state index is 12.6. The van der Waals surface area contributed by atoms with Crippen molar-refractivity contribution in [3.63, 3.8) is 0 Å². The fourth-order valence-corrected chi connectivity index (χ4v) is 4.76. The van der Waals surface area contributed by atoms with E-state index in [2.05, 4.69) is 10.9 Å². The number of thiophene rings is 1. The van der Waals surface area contributed by atoms with Gasteiger partial charge < -0.3 is 0 Å². The minimum atomic E-state index is -3.70. The molecule has 29 heavy (non-hydrogen) atoms. The van der Waals surface area contributed by atoms with Crippen molar-refractivity contribution in [2.75, 3.05) is 13.1 Å². The predicted molar refractivity (Wildman–Crippen MR) is 110 cm³/mol. The largest absolute Gasteiger partial charge is 0.293 e. The molecule has 0 bridgehead atoms. The summed E-state index contributed by atoms with van der Waals surface area (Å²) >= 11 is 1.30. The molecule has 1 aromatic heterocycles. The number of Topliss-reactive ketones (excluding diaryl/α,β-unsaturated/α-hetero) is 1. The molecule has 0 saturated heterocycles. The molecule has 2 amide bonds. The quantitative estimate of drug-likeness (QED) is 0.461. The number of sulfonamides is 1. The molecule has 8 nitrogen and oxygen atoms in total. The van der Waals surface area contributed by atoms with Crippen molar-refractivity contribution >= 4 is 39.0 Å². The van der Waals surface area contributed by atoms with Gasteiger partial charge in [-0.15, -0.1) is 11.3 Å². The van der Waals surface area contributed by atoms with E-state index in [4.69, 9.17) is 0 Å². The molecule has 0 aliphatic heterocycles. The molecular formula is C19H23N3O5S2. The van der Waals surface area contributed by atoms with E-state index in [1.165, 1.54) is 39.9 Å². The number of amides is 2. The number of hydrogen-bond acceptors (Lipinski definition) is 6. The van der Waals surface area contributed by atoms with Gasteiger partial charge in [0.05, 0.1) is 9.77 Å². The first-order valence-electron chi connectivity index (χ1n) is 9.05. The molecule has 0 saturated carbocycles. The maximum Gasteiger partial charge on any atom is 0.269 e. The van der Waals surface area contributed by atoms with Crippen molar-refractivity contribution < 1.29 is 22.8 Å². The van der Waals surface area contributed by atoms with Crippen molar-refractivity contribution in [3.8, 4) is 0 Å². The summed E-state index contributed by atoms with van der Waals surface area (Å²) in [5, 5.41) is 1.78. The highest BCUT2D eigenvalue weighted by atomic mass is 32.2. The zero-order chi connectivity index (χ0) is 21.4. The van der Waals surface area contributed by atoms with Crippen molar-refractivity contribution in [3.05, 3.63) is 52.2 Å². The molecule has 0 unspecified atom stereocenters. The molecule has 0 aliphatic carbocycles. The minimum absolute atomic E-state index is 0.00159. The van der Waals surface area contributed by atoms with Crippen molar-refractivity contribution in [2.45, 2.75) is 31.6 Å². The highest BCUT2D eigenvalue weighted by molar-refractivity contribution is 7.89. The van der Waals surface area contributed by atoms with Crippen LogP contribution >= 0.6 is 11.3 Å². The Hall–Kier alpha value is -2.56. The lowest BCUT2D eigenvalue weighted by molar-refractivity contribution is -0.121. The summed E-state index contributed by atoms with van der Waals surface area (Å²) in [5.74, 6) is -1.31. The van der Waals surface area contributed by atoms with Crippen LogP contribution in [-0.2, 0) is 14.8 Å². The Morgan fingerprint density at radius 2 is 1.72 bits per heavy atom. The fraction of sp³-hybridized carbons (Fsp3) is 0.316. The molecule has 2 N–H and O–H groups in total. The van der Waals surface area contributed by atoms with Crippen LogP contribution in [0.25, 0.3) is 0 Å². The summed E-state index contributed by atoms with van der Waals surface area (Å²) in [6, 6.07) is 9.03. The van der Waals surface area contributed by atoms with E-state index in [1.54, 1.807) is 31.4 Å². The van der Waals surface area contributed by atoms with Gasteiger partial charge in [0, 0.05) is 31.5 Å². The van der Waals surface area contributed by atoms with Gasteiger partial charge in [0.15, 0.2) is 5.78 Å². The van der Waals surface area contributed by atoms with Crippen molar-refractivity contribution in [2.24, 2.45) is 0 Å². The molecule has 10 heteroatoms. The van der Waals surface area contributed by atoms with Gasteiger partial charge in [-0.3, -0.25) is 25.2 Å². The molecule has 0 aliphatic rings. The Morgan fingerprint density at radius 1 is 1.00 bits per heavy atom. The van der Waals surface area contributed by atoms with Crippen molar-refractivity contribution in [1.29, 1.82) is 0 Å². The zero-order valence-electron chi connectivity index (χ0n) is 16.2. The SMILES string of the molecule is CCN(CC)S(=O)(=O)c1cccc(C(=O)NNC(=O)CCC(=O)c2cccs2)c1.